The number of aliphatic hydroxyl groups is 1. The Balaban J connectivity index is 1.68. The maximum Gasteiger partial charge on any atom is 0.138 e. The Bertz CT molecular complexity index is 661. The summed E-state index contributed by atoms with van der Waals surface area (Å²) in [5.74, 6) is 1.73. The molecular weight excluding hydrogens is 310 g/mol. The van der Waals surface area contributed by atoms with E-state index in [4.69, 9.17) is 0 Å². The molecule has 1 N–H and O–H groups in total. The highest BCUT2D eigenvalue weighted by molar-refractivity contribution is 5.85. The van der Waals surface area contributed by atoms with Gasteiger partial charge in [-0.3, -0.25) is 4.79 Å². The molecule has 0 saturated heterocycles. The molecule has 0 heterocycles. The molecule has 0 aliphatic heterocycles. The minimum absolute atomic E-state index is 0.00325. The zero-order chi connectivity index (χ0) is 18.0. The maximum absolute atomic E-state index is 12.8. The summed E-state index contributed by atoms with van der Waals surface area (Å²) < 4.78 is 0. The fraction of sp³-hybridized carbons (Fsp3) is 0.818. The first-order valence-corrected chi connectivity index (χ1v) is 10.1. The van der Waals surface area contributed by atoms with Gasteiger partial charge < -0.3 is 5.11 Å². The smallest absolute Gasteiger partial charge is 0.138 e. The molecule has 3 saturated carbocycles. The van der Waals surface area contributed by atoms with Crippen LogP contribution in [0, 0.1) is 51.8 Å². The third-order valence-corrected chi connectivity index (χ3v) is 8.70. The van der Waals surface area contributed by atoms with E-state index in [1.54, 1.807) is 0 Å². The lowest BCUT2D eigenvalue weighted by atomic mass is 9.47. The molecule has 3 fully saturated rings. The molecule has 0 amide bonds. The number of carbonyl (C=O) groups is 1. The minimum Gasteiger partial charge on any atom is -0.393 e. The standard InChI is InChI=1S/C22H31NO2/c1-13(12-23)20-19(25)11-18-16-5-4-14-10-15(24)6-8-21(14,2)17(16)7-9-22(18,20)3/h4,13,15-18,20,24H,5-11H2,1-3H3/t13-,15+,16?,17?,18?,20+,21+,22+/m1/s1. The average molecular weight is 341 g/mol. The van der Waals surface area contributed by atoms with Crippen molar-refractivity contribution < 1.29 is 9.90 Å². The van der Waals surface area contributed by atoms with Gasteiger partial charge in [-0.05, 0) is 74.0 Å². The number of allylic oxidation sites excluding steroid dienone is 1. The number of nitrogens with zero attached hydrogens (tertiary/aromatic N) is 1. The number of carbonyl (C=O) groups excluding carboxylic acids is 1. The van der Waals surface area contributed by atoms with Crippen molar-refractivity contribution in [2.24, 2.45) is 40.4 Å². The molecule has 3 unspecified atom stereocenters. The van der Waals surface area contributed by atoms with E-state index < -0.39 is 0 Å². The summed E-state index contributed by atoms with van der Waals surface area (Å²) in [5.41, 5.74) is 1.69. The molecule has 4 rings (SSSR count). The molecular formula is C22H31NO2. The highest BCUT2D eigenvalue weighted by atomic mass is 16.3. The normalized spacial score (nSPS) is 50.1. The number of aliphatic hydroxyl groups excluding tert-OH is 1. The zero-order valence-corrected chi connectivity index (χ0v) is 15.8. The van der Waals surface area contributed by atoms with Crippen LogP contribution in [0.5, 0.6) is 0 Å². The number of hydrogen-bond donors (Lipinski definition) is 1. The summed E-state index contributed by atoms with van der Waals surface area (Å²) in [6.07, 6.45) is 9.05. The first-order valence-electron chi connectivity index (χ1n) is 10.1. The molecule has 0 aromatic carbocycles. The van der Waals surface area contributed by atoms with Gasteiger partial charge in [0.25, 0.3) is 0 Å². The van der Waals surface area contributed by atoms with Gasteiger partial charge >= 0.3 is 0 Å². The van der Waals surface area contributed by atoms with Crippen molar-refractivity contribution in [3.63, 3.8) is 0 Å². The van der Waals surface area contributed by atoms with E-state index in [1.165, 1.54) is 12.0 Å². The van der Waals surface area contributed by atoms with Crippen LogP contribution in [0.3, 0.4) is 0 Å². The number of Topliss-reactive ketones (excluding diaryl/α,β-unsaturated/α-hetero) is 1. The van der Waals surface area contributed by atoms with Crippen LogP contribution in [0.15, 0.2) is 11.6 Å². The van der Waals surface area contributed by atoms with E-state index in [9.17, 15) is 15.2 Å². The van der Waals surface area contributed by atoms with E-state index >= 15 is 0 Å². The summed E-state index contributed by atoms with van der Waals surface area (Å²) in [6, 6.07) is 2.36. The zero-order valence-electron chi connectivity index (χ0n) is 15.8. The molecule has 4 aliphatic carbocycles. The van der Waals surface area contributed by atoms with Gasteiger partial charge in [0, 0.05) is 12.3 Å². The lowest BCUT2D eigenvalue weighted by molar-refractivity contribution is -0.123. The highest BCUT2D eigenvalue weighted by Gasteiger charge is 2.61. The Kier molecular flexibility index (Phi) is 3.93. The molecule has 0 aromatic rings. The van der Waals surface area contributed by atoms with Crippen LogP contribution in [0.1, 0.15) is 65.7 Å². The number of rotatable bonds is 1. The predicted octanol–water partition coefficient (Wildman–Crippen LogP) is 4.26. The SMILES string of the molecule is C[C@H](C#N)[C@H]1C(=O)CC2C3CC=C4C[C@@H](O)CC[C@]4(C)C3CC[C@@]21C. The van der Waals surface area contributed by atoms with Gasteiger partial charge in [-0.2, -0.15) is 5.26 Å². The van der Waals surface area contributed by atoms with Crippen LogP contribution in [0.2, 0.25) is 0 Å². The predicted molar refractivity (Wildman–Crippen MR) is 96.4 cm³/mol. The molecule has 0 bridgehead atoms. The summed E-state index contributed by atoms with van der Waals surface area (Å²) in [6.45, 7) is 6.64. The second-order valence-corrected chi connectivity index (χ2v) is 9.77. The third-order valence-electron chi connectivity index (χ3n) is 8.70. The maximum atomic E-state index is 12.8. The molecule has 0 spiro atoms. The molecule has 3 nitrogen and oxygen atoms in total. The van der Waals surface area contributed by atoms with Gasteiger partial charge in [-0.25, -0.2) is 0 Å². The van der Waals surface area contributed by atoms with Gasteiger partial charge in [-0.1, -0.05) is 25.5 Å². The highest BCUT2D eigenvalue weighted by Crippen LogP contribution is 2.66. The Morgan fingerprint density at radius 2 is 2.00 bits per heavy atom. The molecule has 8 atom stereocenters. The van der Waals surface area contributed by atoms with Crippen molar-refractivity contribution >= 4 is 5.78 Å². The van der Waals surface area contributed by atoms with Crippen molar-refractivity contribution in [1.29, 1.82) is 5.26 Å². The molecule has 0 radical (unpaired) electrons. The van der Waals surface area contributed by atoms with Crippen LogP contribution in [-0.2, 0) is 4.79 Å². The lowest BCUT2D eigenvalue weighted by Gasteiger charge is -2.57. The van der Waals surface area contributed by atoms with Gasteiger partial charge in [0.2, 0.25) is 0 Å². The van der Waals surface area contributed by atoms with Crippen molar-refractivity contribution in [3.05, 3.63) is 11.6 Å². The third kappa shape index (κ3) is 2.29. The largest absolute Gasteiger partial charge is 0.393 e. The van der Waals surface area contributed by atoms with E-state index in [1.807, 2.05) is 6.92 Å². The lowest BCUT2D eigenvalue weighted by Crippen LogP contribution is -2.50. The second-order valence-electron chi connectivity index (χ2n) is 9.77. The topological polar surface area (TPSA) is 61.1 Å². The molecule has 4 aliphatic rings. The van der Waals surface area contributed by atoms with Gasteiger partial charge in [0.1, 0.15) is 5.78 Å². The summed E-state index contributed by atoms with van der Waals surface area (Å²) in [4.78, 5) is 12.8. The van der Waals surface area contributed by atoms with Crippen molar-refractivity contribution in [2.45, 2.75) is 71.8 Å². The van der Waals surface area contributed by atoms with Crippen LogP contribution < -0.4 is 0 Å². The molecule has 25 heavy (non-hydrogen) atoms. The Labute approximate surface area is 151 Å². The summed E-state index contributed by atoms with van der Waals surface area (Å²) in [5, 5.41) is 19.5. The molecule has 0 aromatic heterocycles. The van der Waals surface area contributed by atoms with Crippen LogP contribution >= 0.6 is 0 Å². The number of hydrogen-bond acceptors (Lipinski definition) is 3. The van der Waals surface area contributed by atoms with Crippen LogP contribution in [0.25, 0.3) is 0 Å². The summed E-state index contributed by atoms with van der Waals surface area (Å²) in [7, 11) is 0. The van der Waals surface area contributed by atoms with E-state index in [0.717, 1.165) is 32.1 Å². The Morgan fingerprint density at radius 1 is 1.24 bits per heavy atom. The van der Waals surface area contributed by atoms with Gasteiger partial charge in [-0.15, -0.1) is 0 Å². The summed E-state index contributed by atoms with van der Waals surface area (Å²) >= 11 is 0. The average Bonchev–Trinajstić information content (AvgIpc) is 2.85. The second kappa shape index (κ2) is 5.68. The van der Waals surface area contributed by atoms with Gasteiger partial charge in [0.15, 0.2) is 0 Å². The number of ketones is 1. The Hall–Kier alpha value is -1.14. The molecule has 136 valence electrons. The van der Waals surface area contributed by atoms with Crippen molar-refractivity contribution in [1.82, 2.24) is 0 Å². The fourth-order valence-electron chi connectivity index (χ4n) is 7.40. The van der Waals surface area contributed by atoms with Crippen LogP contribution in [0.4, 0.5) is 0 Å². The fourth-order valence-corrected chi connectivity index (χ4v) is 7.40. The van der Waals surface area contributed by atoms with Gasteiger partial charge in [0.05, 0.1) is 18.1 Å². The van der Waals surface area contributed by atoms with Crippen molar-refractivity contribution in [2.75, 3.05) is 0 Å². The first kappa shape index (κ1) is 17.3. The first-order chi connectivity index (χ1) is 11.8. The van der Waals surface area contributed by atoms with E-state index in [0.29, 0.717) is 30.0 Å². The minimum atomic E-state index is -0.172. The number of fused-ring (bicyclic) bond motifs is 5. The molecule has 3 heteroatoms. The number of nitriles is 1. The van der Waals surface area contributed by atoms with E-state index in [-0.39, 0.29) is 28.8 Å². The monoisotopic (exact) mass is 341 g/mol. The van der Waals surface area contributed by atoms with Crippen molar-refractivity contribution in [3.8, 4) is 6.07 Å². The Morgan fingerprint density at radius 3 is 2.72 bits per heavy atom. The van der Waals surface area contributed by atoms with Crippen LogP contribution in [-0.4, -0.2) is 17.0 Å². The quantitative estimate of drug-likeness (QED) is 0.725. The van der Waals surface area contributed by atoms with E-state index in [2.05, 4.69) is 26.0 Å².